The predicted octanol–water partition coefficient (Wildman–Crippen LogP) is 2.44. The first kappa shape index (κ1) is 16.5. The Morgan fingerprint density at radius 3 is 2.86 bits per heavy atom. The number of hydrogen-bond acceptors (Lipinski definition) is 2. The van der Waals surface area contributed by atoms with Crippen molar-refractivity contribution in [1.29, 1.82) is 0 Å². The molecule has 0 saturated carbocycles. The molecule has 0 radical (unpaired) electrons. The zero-order valence-electron chi connectivity index (χ0n) is 13.6. The van der Waals surface area contributed by atoms with Crippen molar-refractivity contribution in [3.63, 3.8) is 0 Å². The zero-order valence-corrected chi connectivity index (χ0v) is 13.6. The van der Waals surface area contributed by atoms with Gasteiger partial charge in [0.05, 0.1) is 13.0 Å². The topological polar surface area (TPSA) is 49.4 Å². The van der Waals surface area contributed by atoms with Crippen molar-refractivity contribution in [2.45, 2.75) is 52.0 Å². The second kappa shape index (κ2) is 7.97. The Balaban J connectivity index is 1.81. The van der Waals surface area contributed by atoms with Gasteiger partial charge in [-0.25, -0.2) is 0 Å². The lowest BCUT2D eigenvalue weighted by Crippen LogP contribution is -2.47. The maximum Gasteiger partial charge on any atom is 0.242 e. The summed E-state index contributed by atoms with van der Waals surface area (Å²) in [4.78, 5) is 26.2. The van der Waals surface area contributed by atoms with E-state index in [2.05, 4.69) is 12.2 Å². The number of nitrogens with one attached hydrogen (secondary N) is 1. The summed E-state index contributed by atoms with van der Waals surface area (Å²) >= 11 is 0. The Morgan fingerprint density at radius 2 is 2.14 bits per heavy atom. The van der Waals surface area contributed by atoms with E-state index >= 15 is 0 Å². The quantitative estimate of drug-likeness (QED) is 0.908. The Bertz CT molecular complexity index is 528. The highest BCUT2D eigenvalue weighted by atomic mass is 16.2. The number of carbonyl (C=O) groups is 2. The van der Waals surface area contributed by atoms with E-state index < -0.39 is 0 Å². The highest BCUT2D eigenvalue weighted by Crippen LogP contribution is 2.19. The third kappa shape index (κ3) is 4.58. The Labute approximate surface area is 132 Å². The lowest BCUT2D eigenvalue weighted by atomic mass is 10.00. The minimum Gasteiger partial charge on any atom is -0.347 e. The molecular formula is C18H26N2O2. The van der Waals surface area contributed by atoms with Gasteiger partial charge < -0.3 is 10.2 Å². The maximum atomic E-state index is 12.3. The van der Waals surface area contributed by atoms with Crippen LogP contribution in [0.4, 0.5) is 0 Å². The van der Waals surface area contributed by atoms with Crippen LogP contribution in [-0.2, 0) is 16.0 Å². The molecule has 1 unspecified atom stereocenters. The first-order valence-corrected chi connectivity index (χ1v) is 8.22. The van der Waals surface area contributed by atoms with E-state index in [4.69, 9.17) is 0 Å². The molecule has 2 rings (SSSR count). The number of nitrogens with zero attached hydrogens (tertiary/aromatic N) is 1. The fourth-order valence-electron chi connectivity index (χ4n) is 3.10. The second-order valence-electron chi connectivity index (χ2n) is 6.09. The molecule has 0 aliphatic carbocycles. The van der Waals surface area contributed by atoms with E-state index in [1.165, 1.54) is 6.42 Å². The third-order valence-electron chi connectivity index (χ3n) is 4.30. The standard InChI is InChI=1S/C18H26N2O2/c1-3-16-9-4-5-10-20(16)18(22)13-19-17(21)12-15-8-6-7-14(2)11-15/h6-8,11,16H,3-5,9-10,12-13H2,1-2H3,(H,19,21). The molecule has 22 heavy (non-hydrogen) atoms. The lowest BCUT2D eigenvalue weighted by Gasteiger charge is -2.35. The van der Waals surface area contributed by atoms with Crippen LogP contribution in [0.5, 0.6) is 0 Å². The Hall–Kier alpha value is -1.84. The van der Waals surface area contributed by atoms with Crippen LogP contribution in [0.15, 0.2) is 24.3 Å². The smallest absolute Gasteiger partial charge is 0.242 e. The van der Waals surface area contributed by atoms with Gasteiger partial charge in [-0.05, 0) is 38.2 Å². The first-order chi connectivity index (χ1) is 10.6. The highest BCUT2D eigenvalue weighted by Gasteiger charge is 2.25. The van der Waals surface area contributed by atoms with Crippen molar-refractivity contribution in [1.82, 2.24) is 10.2 Å². The molecule has 4 nitrogen and oxygen atoms in total. The molecule has 1 heterocycles. The first-order valence-electron chi connectivity index (χ1n) is 8.22. The minimum atomic E-state index is -0.0935. The predicted molar refractivity (Wildman–Crippen MR) is 87.5 cm³/mol. The zero-order chi connectivity index (χ0) is 15.9. The van der Waals surface area contributed by atoms with Crippen LogP contribution in [0, 0.1) is 6.92 Å². The van der Waals surface area contributed by atoms with Crippen LogP contribution in [0.3, 0.4) is 0 Å². The highest BCUT2D eigenvalue weighted by molar-refractivity contribution is 5.86. The van der Waals surface area contributed by atoms with Crippen LogP contribution in [0.25, 0.3) is 0 Å². The van der Waals surface area contributed by atoms with Crippen LogP contribution in [0.1, 0.15) is 43.7 Å². The SMILES string of the molecule is CCC1CCCCN1C(=O)CNC(=O)Cc1cccc(C)c1. The molecule has 1 aliphatic heterocycles. The fourth-order valence-corrected chi connectivity index (χ4v) is 3.10. The molecule has 1 saturated heterocycles. The summed E-state index contributed by atoms with van der Waals surface area (Å²) < 4.78 is 0. The van der Waals surface area contributed by atoms with Gasteiger partial charge in [0.15, 0.2) is 0 Å². The van der Waals surface area contributed by atoms with E-state index in [9.17, 15) is 9.59 Å². The lowest BCUT2D eigenvalue weighted by molar-refractivity contribution is -0.135. The van der Waals surface area contributed by atoms with Gasteiger partial charge in [0, 0.05) is 12.6 Å². The summed E-state index contributed by atoms with van der Waals surface area (Å²) in [6.45, 7) is 5.06. The van der Waals surface area contributed by atoms with E-state index in [-0.39, 0.29) is 18.4 Å². The summed E-state index contributed by atoms with van der Waals surface area (Å²) in [6, 6.07) is 8.23. The molecule has 1 N–H and O–H groups in total. The summed E-state index contributed by atoms with van der Waals surface area (Å²) in [7, 11) is 0. The summed E-state index contributed by atoms with van der Waals surface area (Å²) in [5.41, 5.74) is 2.12. The molecule has 1 aromatic carbocycles. The summed E-state index contributed by atoms with van der Waals surface area (Å²) in [6.07, 6.45) is 4.66. The molecule has 1 fully saturated rings. The largest absolute Gasteiger partial charge is 0.347 e. The van der Waals surface area contributed by atoms with Gasteiger partial charge in [-0.1, -0.05) is 36.8 Å². The minimum absolute atomic E-state index is 0.0455. The van der Waals surface area contributed by atoms with Gasteiger partial charge in [-0.15, -0.1) is 0 Å². The molecule has 120 valence electrons. The number of hydrogen-bond donors (Lipinski definition) is 1. The number of carbonyl (C=O) groups excluding carboxylic acids is 2. The third-order valence-corrected chi connectivity index (χ3v) is 4.30. The Kier molecular flexibility index (Phi) is 5.99. The molecule has 2 amide bonds. The van der Waals surface area contributed by atoms with Crippen LogP contribution in [0.2, 0.25) is 0 Å². The normalized spacial score (nSPS) is 18.1. The van der Waals surface area contributed by atoms with Gasteiger partial charge in [0.25, 0.3) is 0 Å². The fraction of sp³-hybridized carbons (Fsp3) is 0.556. The number of benzene rings is 1. The van der Waals surface area contributed by atoms with Crippen molar-refractivity contribution in [3.05, 3.63) is 35.4 Å². The van der Waals surface area contributed by atoms with Crippen molar-refractivity contribution < 1.29 is 9.59 Å². The van der Waals surface area contributed by atoms with Crippen molar-refractivity contribution >= 4 is 11.8 Å². The molecule has 4 heteroatoms. The van der Waals surface area contributed by atoms with E-state index in [1.54, 1.807) is 0 Å². The van der Waals surface area contributed by atoms with E-state index in [1.807, 2.05) is 36.1 Å². The van der Waals surface area contributed by atoms with Crippen LogP contribution >= 0.6 is 0 Å². The summed E-state index contributed by atoms with van der Waals surface area (Å²) in [5, 5.41) is 2.76. The molecule has 0 spiro atoms. The average Bonchev–Trinajstić information content (AvgIpc) is 2.52. The van der Waals surface area contributed by atoms with Gasteiger partial charge in [0.2, 0.25) is 11.8 Å². The molecule has 1 aliphatic rings. The summed E-state index contributed by atoms with van der Waals surface area (Å²) in [5.74, 6) is -0.0480. The maximum absolute atomic E-state index is 12.3. The van der Waals surface area contributed by atoms with Crippen LogP contribution < -0.4 is 5.32 Å². The molecular weight excluding hydrogens is 276 g/mol. The van der Waals surface area contributed by atoms with Crippen LogP contribution in [-0.4, -0.2) is 35.8 Å². The molecule has 1 atom stereocenters. The van der Waals surface area contributed by atoms with Crippen molar-refractivity contribution in [2.24, 2.45) is 0 Å². The van der Waals surface area contributed by atoms with Crippen molar-refractivity contribution in [2.75, 3.05) is 13.1 Å². The monoisotopic (exact) mass is 302 g/mol. The molecule has 1 aromatic rings. The van der Waals surface area contributed by atoms with Gasteiger partial charge in [-0.3, -0.25) is 9.59 Å². The Morgan fingerprint density at radius 1 is 1.32 bits per heavy atom. The number of likely N-dealkylation sites (tertiary alicyclic amines) is 1. The van der Waals surface area contributed by atoms with Gasteiger partial charge in [0.1, 0.15) is 0 Å². The number of aryl methyl sites for hydroxylation is 1. The molecule has 0 aromatic heterocycles. The van der Waals surface area contributed by atoms with Gasteiger partial charge >= 0.3 is 0 Å². The van der Waals surface area contributed by atoms with Gasteiger partial charge in [-0.2, -0.15) is 0 Å². The van der Waals surface area contributed by atoms with E-state index in [0.717, 1.165) is 36.9 Å². The number of rotatable bonds is 5. The van der Waals surface area contributed by atoms with Crippen molar-refractivity contribution in [3.8, 4) is 0 Å². The van der Waals surface area contributed by atoms with E-state index in [0.29, 0.717) is 12.5 Å². The number of piperidine rings is 1. The number of amides is 2. The average molecular weight is 302 g/mol. The second-order valence-corrected chi connectivity index (χ2v) is 6.09. The molecule has 0 bridgehead atoms.